The molecule has 1 fully saturated rings. The Balaban J connectivity index is 2.24. The molecule has 0 aromatic heterocycles. The number of primary sulfonamides is 1. The standard InChI is InChI=1S/C13H21N3O2S/c1-2-3-10-4-5-16(9-10)12-6-11(14)7-13(8-12)19(15,17)18/h6-8,10H,2-5,9,14H2,1H3,(H2,15,17,18). The molecule has 1 heterocycles. The van der Waals surface area contributed by atoms with Crippen LogP contribution in [0.15, 0.2) is 23.1 Å². The van der Waals surface area contributed by atoms with Gasteiger partial charge in [0.2, 0.25) is 10.0 Å². The summed E-state index contributed by atoms with van der Waals surface area (Å²) in [5.41, 5.74) is 7.05. The van der Waals surface area contributed by atoms with E-state index in [-0.39, 0.29) is 4.90 Å². The first-order chi connectivity index (χ1) is 8.90. The fourth-order valence-electron chi connectivity index (χ4n) is 2.66. The summed E-state index contributed by atoms with van der Waals surface area (Å²) < 4.78 is 22.8. The molecule has 0 bridgehead atoms. The minimum absolute atomic E-state index is 0.0847. The lowest BCUT2D eigenvalue weighted by molar-refractivity contribution is 0.530. The van der Waals surface area contributed by atoms with E-state index in [2.05, 4.69) is 11.8 Å². The highest BCUT2D eigenvalue weighted by molar-refractivity contribution is 7.89. The van der Waals surface area contributed by atoms with Gasteiger partial charge in [0.15, 0.2) is 0 Å². The summed E-state index contributed by atoms with van der Waals surface area (Å²) in [6, 6.07) is 4.82. The van der Waals surface area contributed by atoms with E-state index in [1.807, 2.05) is 6.07 Å². The second kappa shape index (κ2) is 5.38. The zero-order chi connectivity index (χ0) is 14.0. The SMILES string of the molecule is CCCC1CCN(c2cc(N)cc(S(N)(=O)=O)c2)C1. The van der Waals surface area contributed by atoms with Gasteiger partial charge in [0.1, 0.15) is 0 Å². The zero-order valence-electron chi connectivity index (χ0n) is 11.2. The van der Waals surface area contributed by atoms with Crippen LogP contribution in [0.1, 0.15) is 26.2 Å². The smallest absolute Gasteiger partial charge is 0.238 e. The lowest BCUT2D eigenvalue weighted by Gasteiger charge is -2.20. The van der Waals surface area contributed by atoms with Crippen molar-refractivity contribution in [3.8, 4) is 0 Å². The molecule has 1 aromatic carbocycles. The minimum atomic E-state index is -3.71. The summed E-state index contributed by atoms with van der Waals surface area (Å²) >= 11 is 0. The number of hydrogen-bond donors (Lipinski definition) is 2. The summed E-state index contributed by atoms with van der Waals surface area (Å²) in [4.78, 5) is 2.27. The third kappa shape index (κ3) is 3.39. The first-order valence-electron chi connectivity index (χ1n) is 6.58. The van der Waals surface area contributed by atoms with Crippen LogP contribution in [-0.4, -0.2) is 21.5 Å². The van der Waals surface area contributed by atoms with Gasteiger partial charge in [-0.1, -0.05) is 13.3 Å². The van der Waals surface area contributed by atoms with Crippen LogP contribution in [0.3, 0.4) is 0 Å². The molecule has 1 aliphatic heterocycles. The maximum absolute atomic E-state index is 11.4. The number of nitrogens with zero attached hydrogens (tertiary/aromatic N) is 1. The van der Waals surface area contributed by atoms with Gasteiger partial charge in [-0.05, 0) is 37.0 Å². The molecule has 1 saturated heterocycles. The van der Waals surface area contributed by atoms with Gasteiger partial charge >= 0.3 is 0 Å². The van der Waals surface area contributed by atoms with Crippen LogP contribution in [-0.2, 0) is 10.0 Å². The third-order valence-electron chi connectivity index (χ3n) is 3.59. The summed E-state index contributed by atoms with van der Waals surface area (Å²) in [7, 11) is -3.71. The van der Waals surface area contributed by atoms with Crippen LogP contribution in [0.2, 0.25) is 0 Å². The van der Waals surface area contributed by atoms with Crippen LogP contribution in [0.4, 0.5) is 11.4 Å². The summed E-state index contributed by atoms with van der Waals surface area (Å²) in [6.07, 6.45) is 3.53. The first-order valence-corrected chi connectivity index (χ1v) is 8.13. The zero-order valence-corrected chi connectivity index (χ0v) is 12.0. The number of nitrogen functional groups attached to an aromatic ring is 1. The molecule has 5 nitrogen and oxygen atoms in total. The summed E-state index contributed by atoms with van der Waals surface area (Å²) in [6.45, 7) is 4.09. The van der Waals surface area contributed by atoms with E-state index in [0.717, 1.165) is 25.2 Å². The Labute approximate surface area is 114 Å². The highest BCUT2D eigenvalue weighted by atomic mass is 32.2. The number of nitrogens with two attached hydrogens (primary N) is 2. The molecule has 6 heteroatoms. The predicted octanol–water partition coefficient (Wildman–Crippen LogP) is 1.54. The van der Waals surface area contributed by atoms with Crippen LogP contribution < -0.4 is 15.8 Å². The maximum atomic E-state index is 11.4. The third-order valence-corrected chi connectivity index (χ3v) is 4.48. The Morgan fingerprint density at radius 1 is 1.37 bits per heavy atom. The van der Waals surface area contributed by atoms with Crippen molar-refractivity contribution in [1.29, 1.82) is 0 Å². The molecule has 2 rings (SSSR count). The van der Waals surface area contributed by atoms with E-state index in [1.165, 1.54) is 18.9 Å². The highest BCUT2D eigenvalue weighted by Crippen LogP contribution is 2.29. The fraction of sp³-hybridized carbons (Fsp3) is 0.538. The van der Waals surface area contributed by atoms with E-state index in [4.69, 9.17) is 10.9 Å². The Hall–Kier alpha value is -1.27. The van der Waals surface area contributed by atoms with Crippen molar-refractivity contribution in [2.24, 2.45) is 11.1 Å². The number of sulfonamides is 1. The molecule has 19 heavy (non-hydrogen) atoms. The van der Waals surface area contributed by atoms with Gasteiger partial charge in [-0.3, -0.25) is 0 Å². The van der Waals surface area contributed by atoms with Crippen molar-refractivity contribution < 1.29 is 8.42 Å². The van der Waals surface area contributed by atoms with Gasteiger partial charge < -0.3 is 10.6 Å². The molecule has 1 atom stereocenters. The lowest BCUT2D eigenvalue weighted by atomic mass is 10.0. The van der Waals surface area contributed by atoms with Crippen LogP contribution >= 0.6 is 0 Å². The van der Waals surface area contributed by atoms with E-state index < -0.39 is 10.0 Å². The van der Waals surface area contributed by atoms with Gasteiger partial charge in [0, 0.05) is 24.5 Å². The van der Waals surface area contributed by atoms with Crippen LogP contribution in [0, 0.1) is 5.92 Å². The highest BCUT2D eigenvalue weighted by Gasteiger charge is 2.23. The number of benzene rings is 1. The van der Waals surface area contributed by atoms with Crippen molar-refractivity contribution in [2.75, 3.05) is 23.7 Å². The second-order valence-corrected chi connectivity index (χ2v) is 6.76. The van der Waals surface area contributed by atoms with Crippen molar-refractivity contribution >= 4 is 21.4 Å². The molecule has 0 spiro atoms. The monoisotopic (exact) mass is 283 g/mol. The Morgan fingerprint density at radius 3 is 2.74 bits per heavy atom. The number of rotatable bonds is 4. The molecule has 1 aromatic rings. The first kappa shape index (κ1) is 14.1. The van der Waals surface area contributed by atoms with Crippen LogP contribution in [0.5, 0.6) is 0 Å². The maximum Gasteiger partial charge on any atom is 0.238 e. The second-order valence-electron chi connectivity index (χ2n) is 5.19. The molecule has 1 unspecified atom stereocenters. The van der Waals surface area contributed by atoms with Gasteiger partial charge in [0.25, 0.3) is 0 Å². The largest absolute Gasteiger partial charge is 0.399 e. The minimum Gasteiger partial charge on any atom is -0.399 e. The van der Waals surface area contributed by atoms with E-state index in [1.54, 1.807) is 6.07 Å². The number of anilines is 2. The molecule has 0 radical (unpaired) electrons. The predicted molar refractivity (Wildman–Crippen MR) is 77.5 cm³/mol. The molecule has 0 aliphatic carbocycles. The Bertz CT molecular complexity index is 557. The van der Waals surface area contributed by atoms with E-state index in [0.29, 0.717) is 11.6 Å². The van der Waals surface area contributed by atoms with Crippen molar-refractivity contribution in [3.63, 3.8) is 0 Å². The number of hydrogen-bond acceptors (Lipinski definition) is 4. The molecule has 4 N–H and O–H groups in total. The van der Waals surface area contributed by atoms with Gasteiger partial charge in [-0.2, -0.15) is 0 Å². The Morgan fingerprint density at radius 2 is 2.11 bits per heavy atom. The van der Waals surface area contributed by atoms with Crippen molar-refractivity contribution in [2.45, 2.75) is 31.1 Å². The molecular formula is C13H21N3O2S. The van der Waals surface area contributed by atoms with Gasteiger partial charge in [-0.15, -0.1) is 0 Å². The fourth-order valence-corrected chi connectivity index (χ4v) is 3.25. The average Bonchev–Trinajstić information content (AvgIpc) is 2.76. The van der Waals surface area contributed by atoms with E-state index >= 15 is 0 Å². The van der Waals surface area contributed by atoms with Crippen LogP contribution in [0.25, 0.3) is 0 Å². The van der Waals surface area contributed by atoms with Crippen molar-refractivity contribution in [3.05, 3.63) is 18.2 Å². The summed E-state index contributed by atoms with van der Waals surface area (Å²) in [5, 5.41) is 5.17. The van der Waals surface area contributed by atoms with Gasteiger partial charge in [-0.25, -0.2) is 13.6 Å². The topological polar surface area (TPSA) is 89.4 Å². The molecule has 106 valence electrons. The van der Waals surface area contributed by atoms with Crippen molar-refractivity contribution in [1.82, 2.24) is 0 Å². The Kier molecular flexibility index (Phi) is 4.01. The quantitative estimate of drug-likeness (QED) is 0.820. The van der Waals surface area contributed by atoms with Gasteiger partial charge in [0.05, 0.1) is 4.90 Å². The molecular weight excluding hydrogens is 262 g/mol. The lowest BCUT2D eigenvalue weighted by Crippen LogP contribution is -2.21. The summed E-state index contributed by atoms with van der Waals surface area (Å²) in [5.74, 6) is 0.685. The average molecular weight is 283 g/mol. The molecule has 1 aliphatic rings. The molecule has 0 saturated carbocycles. The normalized spacial score (nSPS) is 19.9. The molecule has 0 amide bonds. The van der Waals surface area contributed by atoms with E-state index in [9.17, 15) is 8.42 Å².